The third kappa shape index (κ3) is 3.67. The summed E-state index contributed by atoms with van der Waals surface area (Å²) in [6, 6.07) is 7.66. The fraction of sp³-hybridized carbons (Fsp3) is 0.333. The molecule has 24 heavy (non-hydrogen) atoms. The van der Waals surface area contributed by atoms with Gasteiger partial charge in [-0.15, -0.1) is 10.2 Å². The van der Waals surface area contributed by atoms with Gasteiger partial charge in [0.25, 0.3) is 10.0 Å². The van der Waals surface area contributed by atoms with E-state index in [1.807, 2.05) is 0 Å². The second-order valence-corrected chi connectivity index (χ2v) is 6.89. The molecule has 2 N–H and O–H groups in total. The van der Waals surface area contributed by atoms with Gasteiger partial charge in [-0.3, -0.25) is 4.72 Å². The summed E-state index contributed by atoms with van der Waals surface area (Å²) in [5.41, 5.74) is 0. The summed E-state index contributed by atoms with van der Waals surface area (Å²) in [5, 5.41) is 10.9. The molecule has 2 aromatic rings. The van der Waals surface area contributed by atoms with E-state index in [1.54, 1.807) is 18.2 Å². The van der Waals surface area contributed by atoms with Crippen molar-refractivity contribution in [3.05, 3.63) is 30.3 Å². The Morgan fingerprint density at radius 3 is 2.58 bits per heavy atom. The van der Waals surface area contributed by atoms with Crippen molar-refractivity contribution in [3.63, 3.8) is 0 Å². The predicted molar refractivity (Wildman–Crippen MR) is 88.8 cm³/mol. The first kappa shape index (κ1) is 16.3. The minimum absolute atomic E-state index is 0.0682. The molecule has 0 saturated heterocycles. The molecular weight excluding hydrogens is 332 g/mol. The molecule has 0 fully saturated rings. The Hall–Kier alpha value is -2.55. The van der Waals surface area contributed by atoms with Crippen LogP contribution in [0.25, 0.3) is 0 Å². The highest BCUT2D eigenvalue weighted by atomic mass is 32.2. The van der Waals surface area contributed by atoms with E-state index in [-0.39, 0.29) is 17.5 Å². The van der Waals surface area contributed by atoms with E-state index in [2.05, 4.69) is 27.2 Å². The summed E-state index contributed by atoms with van der Waals surface area (Å²) in [6.07, 6.45) is 2.11. The summed E-state index contributed by atoms with van der Waals surface area (Å²) in [4.78, 5) is 0.0682. The van der Waals surface area contributed by atoms with E-state index in [1.165, 1.54) is 12.1 Å². The van der Waals surface area contributed by atoms with Crippen LogP contribution in [0.4, 0.5) is 11.6 Å². The Balaban J connectivity index is 1.70. The number of aromatic nitrogens is 2. The lowest BCUT2D eigenvalue weighted by Gasteiger charge is -2.08. The Morgan fingerprint density at radius 2 is 1.83 bits per heavy atom. The monoisotopic (exact) mass is 350 g/mol. The van der Waals surface area contributed by atoms with Crippen molar-refractivity contribution in [2.24, 2.45) is 0 Å². The van der Waals surface area contributed by atoms with Crippen molar-refractivity contribution >= 4 is 21.7 Å². The van der Waals surface area contributed by atoms with Crippen LogP contribution < -0.4 is 19.5 Å². The molecule has 1 aliphatic rings. The Labute approximate surface area is 140 Å². The Bertz CT molecular complexity index is 809. The average molecular weight is 350 g/mol. The average Bonchev–Trinajstić information content (AvgIpc) is 3.04. The number of benzene rings is 1. The van der Waals surface area contributed by atoms with Crippen LogP contribution in [0, 0.1) is 0 Å². The highest BCUT2D eigenvalue weighted by Gasteiger charge is 2.20. The summed E-state index contributed by atoms with van der Waals surface area (Å²) >= 11 is 0. The minimum atomic E-state index is -3.78. The van der Waals surface area contributed by atoms with Crippen LogP contribution in [0.2, 0.25) is 0 Å². The van der Waals surface area contributed by atoms with Crippen LogP contribution in [0.3, 0.4) is 0 Å². The standard InChI is InChI=1S/C15H18N4O4S/c1-2-3-8-16-14-6-7-15(18-17-14)19-24(20,21)11-4-5-12-13(9-11)23-10-22-12/h4-7,9H,2-3,8,10H2,1H3,(H,16,17)(H,18,19). The third-order valence-corrected chi connectivity index (χ3v) is 4.75. The van der Waals surface area contributed by atoms with Gasteiger partial charge in [-0.2, -0.15) is 0 Å². The van der Waals surface area contributed by atoms with Gasteiger partial charge in [0.1, 0.15) is 5.82 Å². The fourth-order valence-corrected chi connectivity index (χ4v) is 3.13. The van der Waals surface area contributed by atoms with Gasteiger partial charge in [-0.25, -0.2) is 8.42 Å². The lowest BCUT2D eigenvalue weighted by molar-refractivity contribution is 0.174. The maximum Gasteiger partial charge on any atom is 0.263 e. The van der Waals surface area contributed by atoms with E-state index >= 15 is 0 Å². The van der Waals surface area contributed by atoms with Gasteiger partial charge >= 0.3 is 0 Å². The number of rotatable bonds is 7. The summed E-state index contributed by atoms with van der Waals surface area (Å²) in [5.74, 6) is 1.68. The van der Waals surface area contributed by atoms with Gasteiger partial charge in [-0.1, -0.05) is 13.3 Å². The van der Waals surface area contributed by atoms with Crippen LogP contribution in [-0.4, -0.2) is 32.0 Å². The molecule has 0 amide bonds. The largest absolute Gasteiger partial charge is 0.454 e. The third-order valence-electron chi connectivity index (χ3n) is 3.39. The molecule has 0 bridgehead atoms. The SMILES string of the molecule is CCCCNc1ccc(NS(=O)(=O)c2ccc3c(c2)OCO3)nn1. The van der Waals surface area contributed by atoms with Crippen molar-refractivity contribution in [3.8, 4) is 11.5 Å². The van der Waals surface area contributed by atoms with E-state index in [0.717, 1.165) is 19.4 Å². The highest BCUT2D eigenvalue weighted by molar-refractivity contribution is 7.92. The minimum Gasteiger partial charge on any atom is -0.454 e. The van der Waals surface area contributed by atoms with Gasteiger partial charge < -0.3 is 14.8 Å². The smallest absolute Gasteiger partial charge is 0.263 e. The second kappa shape index (κ2) is 6.91. The molecule has 1 aromatic heterocycles. The number of sulfonamides is 1. The topological polar surface area (TPSA) is 102 Å². The van der Waals surface area contributed by atoms with Crippen LogP contribution in [0.15, 0.2) is 35.2 Å². The zero-order valence-electron chi connectivity index (χ0n) is 13.2. The summed E-state index contributed by atoms with van der Waals surface area (Å²) in [6.45, 7) is 2.99. The maximum atomic E-state index is 12.4. The number of nitrogens with zero attached hydrogens (tertiary/aromatic N) is 2. The number of unbranched alkanes of at least 4 members (excludes halogenated alkanes) is 1. The normalized spacial score (nSPS) is 12.9. The molecular formula is C15H18N4O4S. The molecule has 1 aliphatic heterocycles. The van der Waals surface area contributed by atoms with Gasteiger partial charge in [0.15, 0.2) is 17.3 Å². The number of anilines is 2. The lowest BCUT2D eigenvalue weighted by atomic mass is 10.3. The molecule has 2 heterocycles. The zero-order valence-corrected chi connectivity index (χ0v) is 14.0. The molecule has 9 heteroatoms. The Morgan fingerprint density at radius 1 is 1.08 bits per heavy atom. The number of nitrogens with one attached hydrogen (secondary N) is 2. The quantitative estimate of drug-likeness (QED) is 0.738. The zero-order chi connectivity index (χ0) is 17.0. The first-order valence-corrected chi connectivity index (χ1v) is 9.07. The summed E-state index contributed by atoms with van der Waals surface area (Å²) < 4.78 is 37.6. The lowest BCUT2D eigenvalue weighted by Crippen LogP contribution is -2.14. The molecule has 0 saturated carbocycles. The van der Waals surface area contributed by atoms with Crippen LogP contribution >= 0.6 is 0 Å². The van der Waals surface area contributed by atoms with E-state index in [4.69, 9.17) is 9.47 Å². The molecule has 3 rings (SSSR count). The molecule has 0 aliphatic carbocycles. The van der Waals surface area contributed by atoms with E-state index < -0.39 is 10.0 Å². The van der Waals surface area contributed by atoms with Gasteiger partial charge in [0.2, 0.25) is 6.79 Å². The maximum absolute atomic E-state index is 12.4. The van der Waals surface area contributed by atoms with Gasteiger partial charge in [0, 0.05) is 12.6 Å². The van der Waals surface area contributed by atoms with Gasteiger partial charge in [-0.05, 0) is 30.7 Å². The first-order chi connectivity index (χ1) is 11.6. The van der Waals surface area contributed by atoms with Crippen molar-refractivity contribution < 1.29 is 17.9 Å². The molecule has 128 valence electrons. The van der Waals surface area contributed by atoms with Crippen LogP contribution in [0.1, 0.15) is 19.8 Å². The second-order valence-electron chi connectivity index (χ2n) is 5.20. The predicted octanol–water partition coefficient (Wildman–Crippen LogP) is 2.22. The molecule has 8 nitrogen and oxygen atoms in total. The van der Waals surface area contributed by atoms with Crippen molar-refractivity contribution in [1.29, 1.82) is 0 Å². The summed E-state index contributed by atoms with van der Waals surface area (Å²) in [7, 11) is -3.78. The molecule has 0 radical (unpaired) electrons. The molecule has 0 unspecified atom stereocenters. The number of ether oxygens (including phenoxy) is 2. The highest BCUT2D eigenvalue weighted by Crippen LogP contribution is 2.34. The Kier molecular flexibility index (Phi) is 4.70. The number of fused-ring (bicyclic) bond motifs is 1. The van der Waals surface area contributed by atoms with Crippen LogP contribution in [-0.2, 0) is 10.0 Å². The fourth-order valence-electron chi connectivity index (χ4n) is 2.11. The molecule has 0 atom stereocenters. The van der Waals surface area contributed by atoms with Crippen molar-refractivity contribution in [2.75, 3.05) is 23.4 Å². The van der Waals surface area contributed by atoms with E-state index in [0.29, 0.717) is 17.3 Å². The van der Waals surface area contributed by atoms with Crippen molar-refractivity contribution in [1.82, 2.24) is 10.2 Å². The number of hydrogen-bond donors (Lipinski definition) is 2. The van der Waals surface area contributed by atoms with Crippen molar-refractivity contribution in [2.45, 2.75) is 24.7 Å². The molecule has 0 spiro atoms. The first-order valence-electron chi connectivity index (χ1n) is 7.58. The van der Waals surface area contributed by atoms with E-state index in [9.17, 15) is 8.42 Å². The van der Waals surface area contributed by atoms with Gasteiger partial charge in [0.05, 0.1) is 4.90 Å². The van der Waals surface area contributed by atoms with Crippen LogP contribution in [0.5, 0.6) is 11.5 Å². The molecule has 1 aromatic carbocycles. The number of hydrogen-bond acceptors (Lipinski definition) is 7.